The van der Waals surface area contributed by atoms with Crippen molar-refractivity contribution in [1.29, 1.82) is 0 Å². The molecule has 0 aromatic carbocycles. The Kier molecular flexibility index (Phi) is 4.40. The molecule has 1 fully saturated rings. The minimum Gasteiger partial charge on any atom is -0.294 e. The van der Waals surface area contributed by atoms with Crippen LogP contribution in [0.1, 0.15) is 25.7 Å². The van der Waals surface area contributed by atoms with Crippen LogP contribution in [0.25, 0.3) is 0 Å². The summed E-state index contributed by atoms with van der Waals surface area (Å²) in [5.74, 6) is 5.16. The normalized spacial score (nSPS) is 18.1. The monoisotopic (exact) mass is 164 g/mol. The van der Waals surface area contributed by atoms with Crippen LogP contribution in [0, 0.1) is 5.92 Å². The highest BCUT2D eigenvalue weighted by atomic mass is 35.5. The van der Waals surface area contributed by atoms with Gasteiger partial charge in [-0.2, -0.15) is 0 Å². The average molecular weight is 165 g/mol. The van der Waals surface area contributed by atoms with Crippen LogP contribution in [-0.4, -0.2) is 5.91 Å². The van der Waals surface area contributed by atoms with Gasteiger partial charge in [0.15, 0.2) is 0 Å². The Morgan fingerprint density at radius 3 is 2.30 bits per heavy atom. The fraction of sp³-hybridized carbons (Fsp3) is 0.833. The number of hydrogen-bond acceptors (Lipinski definition) is 2. The summed E-state index contributed by atoms with van der Waals surface area (Å²) in [7, 11) is 0. The zero-order chi connectivity index (χ0) is 6.69. The van der Waals surface area contributed by atoms with E-state index in [1.54, 1.807) is 0 Å². The molecule has 1 rings (SSSR count). The molecule has 0 saturated heterocycles. The molecule has 0 aliphatic heterocycles. The second-order valence-electron chi connectivity index (χ2n) is 2.49. The lowest BCUT2D eigenvalue weighted by Crippen LogP contribution is -2.34. The number of nitrogens with two attached hydrogens (primary N) is 1. The van der Waals surface area contributed by atoms with Crippen molar-refractivity contribution in [2.75, 3.05) is 0 Å². The van der Waals surface area contributed by atoms with Gasteiger partial charge < -0.3 is 0 Å². The van der Waals surface area contributed by atoms with Gasteiger partial charge >= 0.3 is 0 Å². The highest BCUT2D eigenvalue weighted by Crippen LogP contribution is 2.24. The molecular weight excluding hydrogens is 152 g/mol. The smallest absolute Gasteiger partial charge is 0.236 e. The molecule has 1 aliphatic rings. The Morgan fingerprint density at radius 2 is 1.90 bits per heavy atom. The molecule has 0 aromatic rings. The second kappa shape index (κ2) is 4.52. The number of nitrogens with one attached hydrogen (secondary N) is 1. The molecule has 0 spiro atoms. The summed E-state index contributed by atoms with van der Waals surface area (Å²) in [6, 6.07) is 0. The van der Waals surface area contributed by atoms with Crippen LogP contribution in [0.3, 0.4) is 0 Å². The summed E-state index contributed by atoms with van der Waals surface area (Å²) in [6.45, 7) is 0. The third-order valence-electron chi connectivity index (χ3n) is 1.87. The number of amides is 1. The van der Waals surface area contributed by atoms with Crippen LogP contribution in [0.15, 0.2) is 0 Å². The maximum atomic E-state index is 10.8. The van der Waals surface area contributed by atoms with Gasteiger partial charge in [-0.25, -0.2) is 5.84 Å². The van der Waals surface area contributed by atoms with Crippen molar-refractivity contribution in [3.8, 4) is 0 Å². The highest BCUT2D eigenvalue weighted by Gasteiger charge is 2.21. The van der Waals surface area contributed by atoms with E-state index in [1.807, 2.05) is 0 Å². The number of hydrogen-bond donors (Lipinski definition) is 2. The Balaban J connectivity index is 0.000000810. The van der Waals surface area contributed by atoms with Crippen LogP contribution in [0.2, 0.25) is 0 Å². The van der Waals surface area contributed by atoms with Gasteiger partial charge in [0.05, 0.1) is 0 Å². The van der Waals surface area contributed by atoms with Gasteiger partial charge in [0.1, 0.15) is 0 Å². The number of carbonyl (C=O) groups is 1. The zero-order valence-corrected chi connectivity index (χ0v) is 6.62. The number of rotatable bonds is 1. The molecule has 3 N–H and O–H groups in total. The Hall–Kier alpha value is -0.280. The first-order valence-electron chi connectivity index (χ1n) is 3.35. The molecule has 60 valence electrons. The summed E-state index contributed by atoms with van der Waals surface area (Å²) in [6.07, 6.45) is 4.39. The highest BCUT2D eigenvalue weighted by molar-refractivity contribution is 5.85. The number of halogens is 1. The Morgan fingerprint density at radius 1 is 1.40 bits per heavy atom. The van der Waals surface area contributed by atoms with Crippen LogP contribution >= 0.6 is 12.4 Å². The minimum atomic E-state index is 0. The van der Waals surface area contributed by atoms with Crippen molar-refractivity contribution in [3.63, 3.8) is 0 Å². The van der Waals surface area contributed by atoms with Crippen molar-refractivity contribution in [1.82, 2.24) is 5.43 Å². The third-order valence-corrected chi connectivity index (χ3v) is 1.87. The van der Waals surface area contributed by atoms with Crippen molar-refractivity contribution in [2.45, 2.75) is 25.7 Å². The second-order valence-corrected chi connectivity index (χ2v) is 2.49. The molecule has 4 heteroatoms. The third kappa shape index (κ3) is 2.15. The van der Waals surface area contributed by atoms with Crippen molar-refractivity contribution >= 4 is 18.3 Å². The topological polar surface area (TPSA) is 55.1 Å². The molecule has 3 nitrogen and oxygen atoms in total. The lowest BCUT2D eigenvalue weighted by molar-refractivity contribution is -0.124. The predicted octanol–water partition coefficient (Wildman–Crippen LogP) is 0.588. The van der Waals surface area contributed by atoms with E-state index in [2.05, 4.69) is 5.43 Å². The van der Waals surface area contributed by atoms with Gasteiger partial charge in [-0.15, -0.1) is 12.4 Å². The van der Waals surface area contributed by atoms with E-state index < -0.39 is 0 Å². The van der Waals surface area contributed by atoms with Gasteiger partial charge in [0.2, 0.25) is 5.91 Å². The van der Waals surface area contributed by atoms with Crippen LogP contribution in [-0.2, 0) is 4.79 Å². The maximum Gasteiger partial charge on any atom is 0.236 e. The summed E-state index contributed by atoms with van der Waals surface area (Å²) >= 11 is 0. The predicted molar refractivity (Wildman–Crippen MR) is 41.5 cm³/mol. The van der Waals surface area contributed by atoms with E-state index in [0.29, 0.717) is 0 Å². The van der Waals surface area contributed by atoms with Crippen LogP contribution in [0.4, 0.5) is 0 Å². The standard InChI is InChI=1S/C6H12N2O.ClH/c7-8-6(9)5-3-1-2-4-5;/h5H,1-4,7H2,(H,8,9);1H. The first-order chi connectivity index (χ1) is 4.34. The fourth-order valence-corrected chi connectivity index (χ4v) is 1.31. The number of hydrazine groups is 1. The van der Waals surface area contributed by atoms with E-state index in [1.165, 1.54) is 12.8 Å². The molecular formula is C6H13ClN2O. The van der Waals surface area contributed by atoms with Gasteiger partial charge in [-0.3, -0.25) is 10.2 Å². The van der Waals surface area contributed by atoms with Crippen LogP contribution in [0.5, 0.6) is 0 Å². The molecule has 1 amide bonds. The quantitative estimate of drug-likeness (QED) is 0.339. The molecule has 0 bridgehead atoms. The van der Waals surface area contributed by atoms with Gasteiger partial charge in [-0.05, 0) is 12.8 Å². The van der Waals surface area contributed by atoms with Gasteiger partial charge in [0.25, 0.3) is 0 Å². The first-order valence-corrected chi connectivity index (χ1v) is 3.35. The lowest BCUT2D eigenvalue weighted by atomic mass is 10.1. The molecule has 0 atom stereocenters. The Labute approximate surface area is 66.7 Å². The van der Waals surface area contributed by atoms with Crippen molar-refractivity contribution < 1.29 is 4.79 Å². The van der Waals surface area contributed by atoms with E-state index in [0.717, 1.165) is 12.8 Å². The molecule has 0 aromatic heterocycles. The van der Waals surface area contributed by atoms with E-state index in [4.69, 9.17) is 5.84 Å². The first kappa shape index (κ1) is 9.72. The van der Waals surface area contributed by atoms with E-state index >= 15 is 0 Å². The van der Waals surface area contributed by atoms with E-state index in [-0.39, 0.29) is 24.2 Å². The maximum absolute atomic E-state index is 10.8. The average Bonchev–Trinajstić information content (AvgIpc) is 2.37. The Bertz CT molecular complexity index is 112. The number of carbonyl (C=O) groups excluding carboxylic acids is 1. The largest absolute Gasteiger partial charge is 0.294 e. The molecule has 1 saturated carbocycles. The summed E-state index contributed by atoms with van der Waals surface area (Å²) in [5, 5.41) is 0. The van der Waals surface area contributed by atoms with Crippen molar-refractivity contribution in [3.05, 3.63) is 0 Å². The minimum absolute atomic E-state index is 0. The molecule has 0 heterocycles. The molecule has 1 aliphatic carbocycles. The van der Waals surface area contributed by atoms with Crippen molar-refractivity contribution in [2.24, 2.45) is 11.8 Å². The lowest BCUT2D eigenvalue weighted by Gasteiger charge is -2.04. The SMILES string of the molecule is Cl.NNC(=O)C1CCCC1. The summed E-state index contributed by atoms with van der Waals surface area (Å²) in [4.78, 5) is 10.8. The van der Waals surface area contributed by atoms with E-state index in [9.17, 15) is 4.79 Å². The van der Waals surface area contributed by atoms with Gasteiger partial charge in [0, 0.05) is 5.92 Å². The molecule has 0 radical (unpaired) electrons. The van der Waals surface area contributed by atoms with Gasteiger partial charge in [-0.1, -0.05) is 12.8 Å². The summed E-state index contributed by atoms with van der Waals surface area (Å²) in [5.41, 5.74) is 2.17. The zero-order valence-electron chi connectivity index (χ0n) is 5.80. The summed E-state index contributed by atoms with van der Waals surface area (Å²) < 4.78 is 0. The molecule has 0 unspecified atom stereocenters. The molecule has 10 heavy (non-hydrogen) atoms. The van der Waals surface area contributed by atoms with Crippen LogP contribution < -0.4 is 11.3 Å². The fourth-order valence-electron chi connectivity index (χ4n) is 1.31.